The predicted molar refractivity (Wildman–Crippen MR) is 59.2 cm³/mol. The van der Waals surface area contributed by atoms with Crippen molar-refractivity contribution < 1.29 is 0 Å². The third kappa shape index (κ3) is 2.15. The second-order valence-electron chi connectivity index (χ2n) is 4.12. The minimum atomic E-state index is 0.0871. The number of hydrogen-bond acceptors (Lipinski definition) is 2. The summed E-state index contributed by atoms with van der Waals surface area (Å²) in [6, 6.07) is 0.507. The van der Waals surface area contributed by atoms with Gasteiger partial charge in [0.1, 0.15) is 0 Å². The fraction of sp³-hybridized carbons (Fsp3) is 0.727. The van der Waals surface area contributed by atoms with Crippen LogP contribution in [0.25, 0.3) is 0 Å². The van der Waals surface area contributed by atoms with E-state index in [4.69, 9.17) is 5.73 Å². The molecule has 0 bridgehead atoms. The Kier molecular flexibility index (Phi) is 3.69. The molecule has 0 aliphatic rings. The first kappa shape index (κ1) is 11.2. The Hall–Kier alpha value is -0.830. The molecule has 1 heterocycles. The summed E-state index contributed by atoms with van der Waals surface area (Å²) in [5.74, 6) is 0. The van der Waals surface area contributed by atoms with Crippen molar-refractivity contribution in [1.29, 1.82) is 0 Å². The first-order valence-electron chi connectivity index (χ1n) is 5.39. The maximum atomic E-state index is 5.90. The van der Waals surface area contributed by atoms with Gasteiger partial charge in [-0.2, -0.15) is 5.10 Å². The second-order valence-corrected chi connectivity index (χ2v) is 4.12. The van der Waals surface area contributed by atoms with Crippen LogP contribution in [0.4, 0.5) is 0 Å². The van der Waals surface area contributed by atoms with Crippen LogP contribution in [0.15, 0.2) is 6.20 Å². The van der Waals surface area contributed by atoms with Crippen LogP contribution in [0.2, 0.25) is 0 Å². The van der Waals surface area contributed by atoms with Gasteiger partial charge in [0.25, 0.3) is 0 Å². The average Bonchev–Trinajstić information content (AvgIpc) is 2.48. The molecule has 1 atom stereocenters. The second kappa shape index (κ2) is 4.60. The minimum absolute atomic E-state index is 0.0871. The topological polar surface area (TPSA) is 43.8 Å². The summed E-state index contributed by atoms with van der Waals surface area (Å²) in [6.07, 6.45) is 4.11. The van der Waals surface area contributed by atoms with Crippen LogP contribution in [-0.4, -0.2) is 9.78 Å². The summed E-state index contributed by atoms with van der Waals surface area (Å²) in [7, 11) is 0. The highest BCUT2D eigenvalue weighted by atomic mass is 15.3. The quantitative estimate of drug-likeness (QED) is 0.802. The molecule has 0 saturated carbocycles. The van der Waals surface area contributed by atoms with Gasteiger partial charge >= 0.3 is 0 Å². The van der Waals surface area contributed by atoms with Crippen molar-refractivity contribution in [2.24, 2.45) is 5.73 Å². The maximum absolute atomic E-state index is 5.90. The van der Waals surface area contributed by atoms with Crippen LogP contribution >= 0.6 is 0 Å². The summed E-state index contributed by atoms with van der Waals surface area (Å²) in [5.41, 5.74) is 8.40. The summed E-state index contributed by atoms with van der Waals surface area (Å²) < 4.78 is 2.09. The SMILES string of the molecule is CCCc1c(C(C)N)cnn1C(C)C. The van der Waals surface area contributed by atoms with Gasteiger partial charge in [-0.15, -0.1) is 0 Å². The zero-order valence-corrected chi connectivity index (χ0v) is 9.62. The minimum Gasteiger partial charge on any atom is -0.324 e. The van der Waals surface area contributed by atoms with Gasteiger partial charge in [0, 0.05) is 23.3 Å². The van der Waals surface area contributed by atoms with E-state index in [0.29, 0.717) is 6.04 Å². The molecule has 0 fully saturated rings. The van der Waals surface area contributed by atoms with Crippen LogP contribution in [-0.2, 0) is 6.42 Å². The van der Waals surface area contributed by atoms with E-state index in [0.717, 1.165) is 12.8 Å². The van der Waals surface area contributed by atoms with E-state index in [1.165, 1.54) is 11.3 Å². The number of rotatable bonds is 4. The molecule has 0 spiro atoms. The largest absolute Gasteiger partial charge is 0.324 e. The standard InChI is InChI=1S/C11H21N3/c1-5-6-11-10(9(4)12)7-13-14(11)8(2)3/h7-9H,5-6,12H2,1-4H3. The van der Waals surface area contributed by atoms with E-state index < -0.39 is 0 Å². The van der Waals surface area contributed by atoms with Crippen molar-refractivity contribution in [1.82, 2.24) is 9.78 Å². The summed E-state index contributed by atoms with van der Waals surface area (Å²) in [6.45, 7) is 8.50. The molecule has 14 heavy (non-hydrogen) atoms. The molecule has 1 aromatic rings. The summed E-state index contributed by atoms with van der Waals surface area (Å²) in [4.78, 5) is 0. The highest BCUT2D eigenvalue weighted by Crippen LogP contribution is 2.20. The third-order valence-corrected chi connectivity index (χ3v) is 2.40. The van der Waals surface area contributed by atoms with E-state index in [1.54, 1.807) is 0 Å². The predicted octanol–water partition coefficient (Wildman–Crippen LogP) is 2.44. The van der Waals surface area contributed by atoms with Crippen molar-refractivity contribution in [2.45, 2.75) is 52.6 Å². The van der Waals surface area contributed by atoms with Crippen LogP contribution in [0.1, 0.15) is 57.5 Å². The van der Waals surface area contributed by atoms with Crippen LogP contribution in [0.3, 0.4) is 0 Å². The highest BCUT2D eigenvalue weighted by Gasteiger charge is 2.14. The Labute approximate surface area is 86.3 Å². The normalized spacial score (nSPS) is 13.6. The van der Waals surface area contributed by atoms with Crippen LogP contribution < -0.4 is 5.73 Å². The zero-order valence-electron chi connectivity index (χ0n) is 9.62. The lowest BCUT2D eigenvalue weighted by molar-refractivity contribution is 0.505. The molecule has 0 saturated heterocycles. The lowest BCUT2D eigenvalue weighted by atomic mass is 10.1. The van der Waals surface area contributed by atoms with Gasteiger partial charge < -0.3 is 5.73 Å². The molecule has 1 aromatic heterocycles. The van der Waals surface area contributed by atoms with Crippen molar-refractivity contribution in [3.8, 4) is 0 Å². The van der Waals surface area contributed by atoms with Gasteiger partial charge in [0.05, 0.1) is 6.20 Å². The van der Waals surface area contributed by atoms with Crippen molar-refractivity contribution in [2.75, 3.05) is 0 Å². The van der Waals surface area contributed by atoms with Crippen molar-refractivity contribution >= 4 is 0 Å². The molecule has 1 unspecified atom stereocenters. The number of aromatic nitrogens is 2. The van der Waals surface area contributed by atoms with Crippen molar-refractivity contribution in [3.05, 3.63) is 17.5 Å². The average molecular weight is 195 g/mol. The Bertz CT molecular complexity index is 261. The molecule has 2 N–H and O–H groups in total. The van der Waals surface area contributed by atoms with Crippen LogP contribution in [0.5, 0.6) is 0 Å². The molecule has 0 amide bonds. The number of hydrogen-bond donors (Lipinski definition) is 1. The fourth-order valence-electron chi connectivity index (χ4n) is 1.72. The van der Waals surface area contributed by atoms with Gasteiger partial charge in [0.2, 0.25) is 0 Å². The van der Waals surface area contributed by atoms with Crippen LogP contribution in [0, 0.1) is 0 Å². The lowest BCUT2D eigenvalue weighted by Crippen LogP contribution is -2.12. The van der Waals surface area contributed by atoms with Gasteiger partial charge in [-0.1, -0.05) is 13.3 Å². The maximum Gasteiger partial charge on any atom is 0.0540 e. The smallest absolute Gasteiger partial charge is 0.0540 e. The number of nitrogens with zero attached hydrogens (tertiary/aromatic N) is 2. The van der Waals surface area contributed by atoms with Gasteiger partial charge in [0.15, 0.2) is 0 Å². The lowest BCUT2D eigenvalue weighted by Gasteiger charge is -2.13. The molecule has 3 nitrogen and oxygen atoms in total. The molecule has 3 heteroatoms. The third-order valence-electron chi connectivity index (χ3n) is 2.40. The Morgan fingerprint density at radius 2 is 2.07 bits per heavy atom. The number of nitrogens with two attached hydrogens (primary N) is 1. The van der Waals surface area contributed by atoms with E-state index in [-0.39, 0.29) is 6.04 Å². The first-order valence-corrected chi connectivity index (χ1v) is 5.39. The first-order chi connectivity index (χ1) is 6.57. The molecular weight excluding hydrogens is 174 g/mol. The molecule has 80 valence electrons. The van der Waals surface area contributed by atoms with E-state index in [9.17, 15) is 0 Å². The van der Waals surface area contributed by atoms with Gasteiger partial charge in [-0.3, -0.25) is 4.68 Å². The summed E-state index contributed by atoms with van der Waals surface area (Å²) >= 11 is 0. The highest BCUT2D eigenvalue weighted by molar-refractivity contribution is 5.21. The monoisotopic (exact) mass is 195 g/mol. The molecule has 1 rings (SSSR count). The van der Waals surface area contributed by atoms with Gasteiger partial charge in [-0.05, 0) is 27.2 Å². The molecule has 0 aromatic carbocycles. The molecular formula is C11H21N3. The Balaban J connectivity index is 3.06. The zero-order chi connectivity index (χ0) is 10.7. The molecule has 0 aliphatic carbocycles. The molecule has 0 radical (unpaired) electrons. The summed E-state index contributed by atoms with van der Waals surface area (Å²) in [5, 5.41) is 4.39. The van der Waals surface area contributed by atoms with E-state index in [2.05, 4.69) is 30.6 Å². The van der Waals surface area contributed by atoms with E-state index in [1.807, 2.05) is 13.1 Å². The Morgan fingerprint density at radius 3 is 2.50 bits per heavy atom. The van der Waals surface area contributed by atoms with Crippen molar-refractivity contribution in [3.63, 3.8) is 0 Å². The molecule has 0 aliphatic heterocycles. The van der Waals surface area contributed by atoms with Gasteiger partial charge in [-0.25, -0.2) is 0 Å². The fourth-order valence-corrected chi connectivity index (χ4v) is 1.72. The Morgan fingerprint density at radius 1 is 1.43 bits per heavy atom. The van der Waals surface area contributed by atoms with E-state index >= 15 is 0 Å².